The third kappa shape index (κ3) is 2.25. The smallest absolute Gasteiger partial charge is 0.182 e. The van der Waals surface area contributed by atoms with Gasteiger partial charge in [-0.15, -0.1) is 5.10 Å². The van der Waals surface area contributed by atoms with Crippen LogP contribution in [0.25, 0.3) is 11.0 Å². The fourth-order valence-electron chi connectivity index (χ4n) is 1.01. The molecule has 1 heterocycles. The fourth-order valence-corrected chi connectivity index (χ4v) is 2.12. The van der Waals surface area contributed by atoms with Crippen LogP contribution in [-0.4, -0.2) is 17.5 Å². The van der Waals surface area contributed by atoms with Crippen molar-refractivity contribution in [2.75, 3.05) is 0 Å². The summed E-state index contributed by atoms with van der Waals surface area (Å²) >= 11 is 17.9. The molecule has 0 N–H and O–H groups in total. The van der Waals surface area contributed by atoms with Gasteiger partial charge in [0.1, 0.15) is 11.0 Å². The second kappa shape index (κ2) is 3.77. The third-order valence-electron chi connectivity index (χ3n) is 1.51. The number of halogens is 3. The summed E-state index contributed by atoms with van der Waals surface area (Å²) < 4.78 is 0.0544. The van der Waals surface area contributed by atoms with Crippen LogP contribution in [0.1, 0.15) is 0 Å². The number of benzene rings is 1. The molecule has 1 aromatic carbocycles. The topological polar surface area (TPSA) is 30.7 Å². The molecule has 2 rings (SSSR count). The highest BCUT2D eigenvalue weighted by Gasteiger charge is 2.23. The summed E-state index contributed by atoms with van der Waals surface area (Å²) in [6, 6.07) is 7.46. The second-order valence-electron chi connectivity index (χ2n) is 2.49. The SMILES string of the molecule is ClC(Cl)(Cl)Sn1nnc2ccccc21. The molecule has 0 amide bonds. The molecule has 0 unspecified atom stereocenters. The highest BCUT2D eigenvalue weighted by atomic mass is 35.6. The Balaban J connectivity index is 2.44. The van der Waals surface area contributed by atoms with Crippen LogP contribution in [0, 0.1) is 0 Å². The van der Waals surface area contributed by atoms with E-state index < -0.39 is 3.12 Å². The molecule has 0 radical (unpaired) electrons. The molecule has 0 aliphatic rings. The Labute approximate surface area is 99.4 Å². The van der Waals surface area contributed by atoms with Crippen LogP contribution >= 0.6 is 46.8 Å². The monoisotopic (exact) mass is 267 g/mol. The average Bonchev–Trinajstić information content (AvgIpc) is 2.47. The van der Waals surface area contributed by atoms with Crippen molar-refractivity contribution in [2.45, 2.75) is 3.12 Å². The number of nitrogens with zero attached hydrogens (tertiary/aromatic N) is 3. The minimum atomic E-state index is -1.43. The molecule has 0 spiro atoms. The van der Waals surface area contributed by atoms with Crippen molar-refractivity contribution in [3.8, 4) is 0 Å². The van der Waals surface area contributed by atoms with Gasteiger partial charge in [0.2, 0.25) is 0 Å². The first kappa shape index (κ1) is 10.4. The normalized spacial score (nSPS) is 12.2. The van der Waals surface area contributed by atoms with Gasteiger partial charge in [-0.05, 0) is 12.1 Å². The molecule has 0 saturated carbocycles. The van der Waals surface area contributed by atoms with Crippen molar-refractivity contribution in [1.29, 1.82) is 0 Å². The van der Waals surface area contributed by atoms with Gasteiger partial charge in [0.15, 0.2) is 0 Å². The van der Waals surface area contributed by atoms with E-state index in [0.29, 0.717) is 0 Å². The maximum absolute atomic E-state index is 5.63. The molecule has 14 heavy (non-hydrogen) atoms. The Morgan fingerprint density at radius 3 is 2.64 bits per heavy atom. The number of hydrogen-bond acceptors (Lipinski definition) is 3. The Morgan fingerprint density at radius 1 is 1.21 bits per heavy atom. The van der Waals surface area contributed by atoms with E-state index in [-0.39, 0.29) is 0 Å². The summed E-state index contributed by atoms with van der Waals surface area (Å²) in [5.74, 6) is 0. The first-order valence-corrected chi connectivity index (χ1v) is 5.54. The third-order valence-corrected chi connectivity index (χ3v) is 2.78. The van der Waals surface area contributed by atoms with Crippen molar-refractivity contribution in [3.05, 3.63) is 24.3 Å². The molecular formula is C7H4Cl3N3S. The first-order valence-electron chi connectivity index (χ1n) is 3.63. The Bertz CT molecular complexity index is 451. The van der Waals surface area contributed by atoms with E-state index in [4.69, 9.17) is 34.8 Å². The van der Waals surface area contributed by atoms with E-state index in [2.05, 4.69) is 10.3 Å². The lowest BCUT2D eigenvalue weighted by Crippen LogP contribution is -2.01. The van der Waals surface area contributed by atoms with Crippen molar-refractivity contribution >= 4 is 57.8 Å². The number of para-hydroxylation sites is 1. The zero-order valence-electron chi connectivity index (χ0n) is 6.69. The van der Waals surface area contributed by atoms with Gasteiger partial charge in [0.05, 0.1) is 0 Å². The van der Waals surface area contributed by atoms with Crippen LogP contribution in [0.5, 0.6) is 0 Å². The van der Waals surface area contributed by atoms with Crippen LogP contribution < -0.4 is 0 Å². The van der Waals surface area contributed by atoms with Gasteiger partial charge in [-0.2, -0.15) is 4.09 Å². The molecule has 3 nitrogen and oxygen atoms in total. The molecule has 0 fully saturated rings. The lowest BCUT2D eigenvalue weighted by molar-refractivity contribution is 0.910. The highest BCUT2D eigenvalue weighted by Crippen LogP contribution is 2.40. The highest BCUT2D eigenvalue weighted by molar-refractivity contribution is 8.03. The van der Waals surface area contributed by atoms with Crippen LogP contribution in [-0.2, 0) is 0 Å². The van der Waals surface area contributed by atoms with E-state index in [0.717, 1.165) is 23.0 Å². The van der Waals surface area contributed by atoms with E-state index in [1.54, 1.807) is 0 Å². The van der Waals surface area contributed by atoms with Crippen LogP contribution in [0.15, 0.2) is 24.3 Å². The fraction of sp³-hybridized carbons (Fsp3) is 0.143. The minimum Gasteiger partial charge on any atom is -0.182 e. The van der Waals surface area contributed by atoms with Crippen molar-refractivity contribution < 1.29 is 0 Å². The van der Waals surface area contributed by atoms with Gasteiger partial charge >= 0.3 is 0 Å². The molecule has 0 aliphatic heterocycles. The molecule has 0 saturated heterocycles. The molecule has 74 valence electrons. The molecule has 0 atom stereocenters. The van der Waals surface area contributed by atoms with Gasteiger partial charge in [0, 0.05) is 11.9 Å². The summed E-state index contributed by atoms with van der Waals surface area (Å²) in [7, 11) is 0. The van der Waals surface area contributed by atoms with Gasteiger partial charge in [0.25, 0.3) is 3.12 Å². The minimum absolute atomic E-state index is 0.772. The van der Waals surface area contributed by atoms with E-state index in [1.807, 2.05) is 24.3 Å². The zero-order chi connectivity index (χ0) is 10.2. The second-order valence-corrected chi connectivity index (χ2v) is 6.58. The predicted octanol–water partition coefficient (Wildman–Crippen LogP) is 3.26. The first-order chi connectivity index (χ1) is 6.56. The Hall–Kier alpha value is -0.160. The van der Waals surface area contributed by atoms with Gasteiger partial charge in [-0.25, -0.2) is 0 Å². The van der Waals surface area contributed by atoms with Crippen molar-refractivity contribution in [2.24, 2.45) is 0 Å². The molecule has 1 aromatic heterocycles. The van der Waals surface area contributed by atoms with E-state index >= 15 is 0 Å². The van der Waals surface area contributed by atoms with Crippen LogP contribution in [0.4, 0.5) is 0 Å². The molecule has 2 aromatic rings. The number of aromatic nitrogens is 3. The van der Waals surface area contributed by atoms with Gasteiger partial charge < -0.3 is 0 Å². The van der Waals surface area contributed by atoms with Gasteiger partial charge in [-0.3, -0.25) is 0 Å². The Morgan fingerprint density at radius 2 is 1.93 bits per heavy atom. The Kier molecular flexibility index (Phi) is 2.79. The average molecular weight is 269 g/mol. The number of rotatable bonds is 1. The lowest BCUT2D eigenvalue weighted by atomic mass is 10.3. The van der Waals surface area contributed by atoms with Crippen molar-refractivity contribution in [1.82, 2.24) is 14.4 Å². The zero-order valence-corrected chi connectivity index (χ0v) is 9.78. The van der Waals surface area contributed by atoms with Gasteiger partial charge in [-0.1, -0.05) is 52.1 Å². The predicted molar refractivity (Wildman–Crippen MR) is 60.8 cm³/mol. The van der Waals surface area contributed by atoms with Crippen LogP contribution in [0.3, 0.4) is 0 Å². The van der Waals surface area contributed by atoms with Crippen molar-refractivity contribution in [3.63, 3.8) is 0 Å². The maximum atomic E-state index is 5.63. The van der Waals surface area contributed by atoms with E-state index in [9.17, 15) is 0 Å². The maximum Gasteiger partial charge on any atom is 0.258 e. The number of fused-ring (bicyclic) bond motifs is 1. The standard InChI is InChI=1S/C7H4Cl3N3S/c8-7(9,10)14-13-6-4-2-1-3-5(6)11-12-13/h1-4H. The lowest BCUT2D eigenvalue weighted by Gasteiger charge is -2.08. The molecular weight excluding hydrogens is 265 g/mol. The summed E-state index contributed by atoms with van der Waals surface area (Å²) in [5.41, 5.74) is 1.60. The molecule has 7 heteroatoms. The number of alkyl halides is 3. The summed E-state index contributed by atoms with van der Waals surface area (Å²) in [6.07, 6.45) is 0. The molecule has 0 aliphatic carbocycles. The van der Waals surface area contributed by atoms with Crippen LogP contribution in [0.2, 0.25) is 0 Å². The number of hydrogen-bond donors (Lipinski definition) is 0. The summed E-state index contributed by atoms with van der Waals surface area (Å²) in [6.45, 7) is 0. The van der Waals surface area contributed by atoms with E-state index in [1.165, 1.54) is 4.09 Å². The summed E-state index contributed by atoms with van der Waals surface area (Å²) in [5, 5.41) is 7.78. The quantitative estimate of drug-likeness (QED) is 0.744. The molecule has 0 bridgehead atoms. The largest absolute Gasteiger partial charge is 0.258 e. The summed E-state index contributed by atoms with van der Waals surface area (Å²) in [4.78, 5) is 0.